The molecule has 98 valence electrons. The second-order valence-corrected chi connectivity index (χ2v) is 4.47. The molecule has 1 amide bonds. The Morgan fingerprint density at radius 3 is 2.50 bits per heavy atom. The van der Waals surface area contributed by atoms with Crippen LogP contribution in [0, 0.1) is 0 Å². The van der Waals surface area contributed by atoms with E-state index in [1.807, 2.05) is 0 Å². The zero-order chi connectivity index (χ0) is 13.1. The van der Waals surface area contributed by atoms with E-state index in [0.717, 1.165) is 12.8 Å². The van der Waals surface area contributed by atoms with Crippen LogP contribution in [0.25, 0.3) is 0 Å². The van der Waals surface area contributed by atoms with Gasteiger partial charge in [-0.25, -0.2) is 0 Å². The van der Waals surface area contributed by atoms with E-state index in [4.69, 9.17) is 15.2 Å². The third-order valence-corrected chi connectivity index (χ3v) is 3.16. The lowest BCUT2D eigenvalue weighted by atomic mass is 9.87. The fraction of sp³-hybridized carbons (Fsp3) is 0.462. The molecule has 18 heavy (non-hydrogen) atoms. The summed E-state index contributed by atoms with van der Waals surface area (Å²) in [5, 5.41) is 2.94. The SMILES string of the molecule is COc1ccc(C(=O)NC2CC(N)C2)cc1OC. The molecule has 0 bridgehead atoms. The molecule has 5 nitrogen and oxygen atoms in total. The zero-order valence-electron chi connectivity index (χ0n) is 10.6. The number of rotatable bonds is 4. The summed E-state index contributed by atoms with van der Waals surface area (Å²) >= 11 is 0. The lowest BCUT2D eigenvalue weighted by Gasteiger charge is -2.32. The fourth-order valence-electron chi connectivity index (χ4n) is 2.03. The van der Waals surface area contributed by atoms with Crippen molar-refractivity contribution in [2.24, 2.45) is 5.73 Å². The van der Waals surface area contributed by atoms with Gasteiger partial charge in [-0.1, -0.05) is 0 Å². The summed E-state index contributed by atoms with van der Waals surface area (Å²) in [5.41, 5.74) is 6.24. The van der Waals surface area contributed by atoms with Crippen LogP contribution in [0.3, 0.4) is 0 Å². The highest BCUT2D eigenvalue weighted by Crippen LogP contribution is 2.27. The topological polar surface area (TPSA) is 73.6 Å². The minimum absolute atomic E-state index is 0.104. The van der Waals surface area contributed by atoms with Crippen LogP contribution in [0.4, 0.5) is 0 Å². The van der Waals surface area contributed by atoms with E-state index in [1.165, 1.54) is 0 Å². The highest BCUT2D eigenvalue weighted by atomic mass is 16.5. The van der Waals surface area contributed by atoms with Crippen LogP contribution in [0.1, 0.15) is 23.2 Å². The van der Waals surface area contributed by atoms with Crippen LogP contribution < -0.4 is 20.5 Å². The third-order valence-electron chi connectivity index (χ3n) is 3.16. The van der Waals surface area contributed by atoms with Crippen molar-refractivity contribution >= 4 is 5.91 Å². The van der Waals surface area contributed by atoms with E-state index in [9.17, 15) is 4.79 Å². The molecule has 0 aliphatic heterocycles. The maximum absolute atomic E-state index is 12.0. The van der Waals surface area contributed by atoms with E-state index in [0.29, 0.717) is 17.1 Å². The highest BCUT2D eigenvalue weighted by molar-refractivity contribution is 5.95. The molecule has 0 spiro atoms. The summed E-state index contributed by atoms with van der Waals surface area (Å²) in [6, 6.07) is 5.53. The largest absolute Gasteiger partial charge is 0.493 e. The number of hydrogen-bond acceptors (Lipinski definition) is 4. The van der Waals surface area contributed by atoms with Gasteiger partial charge < -0.3 is 20.5 Å². The summed E-state index contributed by atoms with van der Waals surface area (Å²) in [7, 11) is 3.11. The number of hydrogen-bond donors (Lipinski definition) is 2. The van der Waals surface area contributed by atoms with Crippen molar-refractivity contribution in [1.29, 1.82) is 0 Å². The molecule has 2 rings (SSSR count). The van der Waals surface area contributed by atoms with Crippen molar-refractivity contribution in [2.45, 2.75) is 24.9 Å². The maximum Gasteiger partial charge on any atom is 0.251 e. The third kappa shape index (κ3) is 2.56. The zero-order valence-corrected chi connectivity index (χ0v) is 10.6. The van der Waals surface area contributed by atoms with Gasteiger partial charge in [0.15, 0.2) is 11.5 Å². The van der Waals surface area contributed by atoms with Gasteiger partial charge in [-0.05, 0) is 31.0 Å². The molecule has 1 saturated carbocycles. The summed E-state index contributed by atoms with van der Waals surface area (Å²) < 4.78 is 10.3. The van der Waals surface area contributed by atoms with Gasteiger partial charge in [-0.2, -0.15) is 0 Å². The van der Waals surface area contributed by atoms with Gasteiger partial charge in [0.05, 0.1) is 14.2 Å². The van der Waals surface area contributed by atoms with E-state index >= 15 is 0 Å². The molecule has 0 atom stereocenters. The van der Waals surface area contributed by atoms with Gasteiger partial charge in [-0.3, -0.25) is 4.79 Å². The Balaban J connectivity index is 2.05. The number of nitrogens with one attached hydrogen (secondary N) is 1. The first-order chi connectivity index (χ1) is 8.63. The van der Waals surface area contributed by atoms with E-state index in [-0.39, 0.29) is 18.0 Å². The van der Waals surface area contributed by atoms with Crippen molar-refractivity contribution in [1.82, 2.24) is 5.32 Å². The molecule has 0 heterocycles. The average Bonchev–Trinajstić information content (AvgIpc) is 2.35. The van der Waals surface area contributed by atoms with Crippen molar-refractivity contribution in [3.8, 4) is 11.5 Å². The predicted molar refractivity (Wildman–Crippen MR) is 68.0 cm³/mol. The number of nitrogens with two attached hydrogens (primary N) is 1. The number of benzene rings is 1. The minimum atomic E-state index is -0.104. The Hall–Kier alpha value is -1.75. The maximum atomic E-state index is 12.0. The number of carbonyl (C=O) groups excluding carboxylic acids is 1. The summed E-state index contributed by atoms with van der Waals surface area (Å²) in [6.07, 6.45) is 1.69. The molecular formula is C13H18N2O3. The Bertz CT molecular complexity index is 442. The summed E-state index contributed by atoms with van der Waals surface area (Å²) in [4.78, 5) is 12.0. The lowest BCUT2D eigenvalue weighted by Crippen LogP contribution is -2.50. The lowest BCUT2D eigenvalue weighted by molar-refractivity contribution is 0.0910. The average molecular weight is 250 g/mol. The van der Waals surface area contributed by atoms with Crippen LogP contribution in [-0.4, -0.2) is 32.2 Å². The van der Waals surface area contributed by atoms with E-state index < -0.39 is 0 Å². The standard InChI is InChI=1S/C13H18N2O3/c1-17-11-4-3-8(5-12(11)18-2)13(16)15-10-6-9(14)7-10/h3-5,9-10H,6-7,14H2,1-2H3,(H,15,16). The van der Waals surface area contributed by atoms with Crippen molar-refractivity contribution in [3.05, 3.63) is 23.8 Å². The molecule has 1 aliphatic rings. The van der Waals surface area contributed by atoms with E-state index in [1.54, 1.807) is 32.4 Å². The van der Waals surface area contributed by atoms with Crippen molar-refractivity contribution in [3.63, 3.8) is 0 Å². The first-order valence-electron chi connectivity index (χ1n) is 5.92. The van der Waals surface area contributed by atoms with Crippen LogP contribution in [0.15, 0.2) is 18.2 Å². The Morgan fingerprint density at radius 1 is 1.28 bits per heavy atom. The summed E-state index contributed by atoms with van der Waals surface area (Å²) in [6.45, 7) is 0. The van der Waals surface area contributed by atoms with Crippen LogP contribution >= 0.6 is 0 Å². The number of amides is 1. The minimum Gasteiger partial charge on any atom is -0.493 e. The molecule has 1 fully saturated rings. The Labute approximate surface area is 106 Å². The van der Waals surface area contributed by atoms with Crippen LogP contribution in [0.5, 0.6) is 11.5 Å². The molecule has 3 N–H and O–H groups in total. The number of ether oxygens (including phenoxy) is 2. The molecule has 0 saturated heterocycles. The van der Waals surface area contributed by atoms with Gasteiger partial charge in [-0.15, -0.1) is 0 Å². The smallest absolute Gasteiger partial charge is 0.251 e. The molecule has 0 radical (unpaired) electrons. The van der Waals surface area contributed by atoms with Crippen molar-refractivity contribution in [2.75, 3.05) is 14.2 Å². The van der Waals surface area contributed by atoms with Gasteiger partial charge >= 0.3 is 0 Å². The second-order valence-electron chi connectivity index (χ2n) is 4.47. The normalized spacial score (nSPS) is 21.9. The molecule has 1 aromatic rings. The van der Waals surface area contributed by atoms with Gasteiger partial charge in [0.2, 0.25) is 0 Å². The molecule has 5 heteroatoms. The molecular weight excluding hydrogens is 232 g/mol. The second kappa shape index (κ2) is 5.27. The van der Waals surface area contributed by atoms with Gasteiger partial charge in [0, 0.05) is 17.6 Å². The Morgan fingerprint density at radius 2 is 1.94 bits per heavy atom. The molecule has 1 aromatic carbocycles. The monoisotopic (exact) mass is 250 g/mol. The quantitative estimate of drug-likeness (QED) is 0.833. The highest BCUT2D eigenvalue weighted by Gasteiger charge is 2.27. The Kier molecular flexibility index (Phi) is 3.72. The van der Waals surface area contributed by atoms with Crippen LogP contribution in [-0.2, 0) is 0 Å². The fourth-order valence-corrected chi connectivity index (χ4v) is 2.03. The molecule has 0 unspecified atom stereocenters. The first kappa shape index (κ1) is 12.7. The number of methoxy groups -OCH3 is 2. The van der Waals surface area contributed by atoms with Gasteiger partial charge in [0.1, 0.15) is 0 Å². The number of carbonyl (C=O) groups is 1. The molecule has 1 aliphatic carbocycles. The molecule has 0 aromatic heterocycles. The predicted octanol–water partition coefficient (Wildman–Crippen LogP) is 0.923. The van der Waals surface area contributed by atoms with Crippen molar-refractivity contribution < 1.29 is 14.3 Å². The first-order valence-corrected chi connectivity index (χ1v) is 5.92. The van der Waals surface area contributed by atoms with Crippen LogP contribution in [0.2, 0.25) is 0 Å². The van der Waals surface area contributed by atoms with Gasteiger partial charge in [0.25, 0.3) is 5.91 Å². The summed E-state index contributed by atoms with van der Waals surface area (Å²) in [5.74, 6) is 1.06. The van der Waals surface area contributed by atoms with E-state index in [2.05, 4.69) is 5.32 Å².